The molecule has 0 heterocycles. The molecule has 0 fully saturated rings. The molecule has 0 bridgehead atoms. The van der Waals surface area contributed by atoms with Gasteiger partial charge in [0.25, 0.3) is 5.69 Å². The standard InChI is InChI=1S/C21H34N2O6/c1-14(22-20(2,3)4)15-12-17(27-8)18(13-16(15)23(25)26)28-11-9-10-19(24)29-21(5,6)7/h12-14,22H,9-11H2,1-8H3. The van der Waals surface area contributed by atoms with Crippen LogP contribution in [0.15, 0.2) is 12.1 Å². The lowest BCUT2D eigenvalue weighted by molar-refractivity contribution is -0.385. The summed E-state index contributed by atoms with van der Waals surface area (Å²) < 4.78 is 16.3. The van der Waals surface area contributed by atoms with Crippen molar-refractivity contribution >= 4 is 11.7 Å². The second-order valence-electron chi connectivity index (χ2n) is 8.97. The molecule has 0 spiro atoms. The summed E-state index contributed by atoms with van der Waals surface area (Å²) in [6.07, 6.45) is 0.627. The van der Waals surface area contributed by atoms with E-state index in [2.05, 4.69) is 5.32 Å². The molecule has 1 aromatic carbocycles. The van der Waals surface area contributed by atoms with Gasteiger partial charge in [0.2, 0.25) is 0 Å². The highest BCUT2D eigenvalue weighted by atomic mass is 16.6. The highest BCUT2D eigenvalue weighted by Crippen LogP contribution is 2.38. The smallest absolute Gasteiger partial charge is 0.306 e. The normalized spacial score (nSPS) is 13.0. The van der Waals surface area contributed by atoms with Crippen molar-refractivity contribution in [1.29, 1.82) is 0 Å². The van der Waals surface area contributed by atoms with Gasteiger partial charge in [-0.15, -0.1) is 0 Å². The molecule has 1 unspecified atom stereocenters. The van der Waals surface area contributed by atoms with Gasteiger partial charge in [-0.1, -0.05) is 0 Å². The number of ether oxygens (including phenoxy) is 3. The maximum absolute atomic E-state index is 11.8. The second kappa shape index (κ2) is 9.91. The van der Waals surface area contributed by atoms with E-state index >= 15 is 0 Å². The van der Waals surface area contributed by atoms with Gasteiger partial charge in [-0.2, -0.15) is 0 Å². The summed E-state index contributed by atoms with van der Waals surface area (Å²) in [5.74, 6) is 0.372. The zero-order valence-electron chi connectivity index (χ0n) is 18.8. The predicted octanol–water partition coefficient (Wildman–Crippen LogP) is 4.55. The SMILES string of the molecule is COc1cc(C(C)NC(C)(C)C)c([N+](=O)[O-])cc1OCCCC(=O)OC(C)(C)C. The Bertz CT molecular complexity index is 719. The number of esters is 1. The zero-order chi connectivity index (χ0) is 22.4. The van der Waals surface area contributed by atoms with E-state index < -0.39 is 10.5 Å². The number of nitro groups is 1. The summed E-state index contributed by atoms with van der Waals surface area (Å²) in [6.45, 7) is 13.5. The molecule has 0 saturated heterocycles. The molecule has 0 aromatic heterocycles. The fourth-order valence-electron chi connectivity index (χ4n) is 2.86. The first kappa shape index (κ1) is 24.7. The molecule has 0 saturated carbocycles. The summed E-state index contributed by atoms with van der Waals surface area (Å²) in [5, 5.41) is 14.9. The van der Waals surface area contributed by atoms with Crippen LogP contribution in [0.25, 0.3) is 0 Å². The average Bonchev–Trinajstić information content (AvgIpc) is 2.54. The largest absolute Gasteiger partial charge is 0.493 e. The maximum atomic E-state index is 11.8. The van der Waals surface area contributed by atoms with Crippen molar-refractivity contribution in [3.8, 4) is 11.5 Å². The molecular weight excluding hydrogens is 376 g/mol. The van der Waals surface area contributed by atoms with Gasteiger partial charge in [0, 0.05) is 18.0 Å². The molecule has 8 nitrogen and oxygen atoms in total. The molecular formula is C21H34N2O6. The fourth-order valence-corrected chi connectivity index (χ4v) is 2.86. The van der Waals surface area contributed by atoms with Crippen LogP contribution < -0.4 is 14.8 Å². The van der Waals surface area contributed by atoms with Crippen molar-refractivity contribution < 1.29 is 23.9 Å². The molecule has 164 valence electrons. The molecule has 8 heteroatoms. The van der Waals surface area contributed by atoms with Crippen LogP contribution in [-0.4, -0.2) is 35.7 Å². The third-order valence-electron chi connectivity index (χ3n) is 3.83. The monoisotopic (exact) mass is 410 g/mol. The van der Waals surface area contributed by atoms with Gasteiger partial charge in [-0.05, 0) is 61.0 Å². The number of nitro benzene ring substituents is 1. The van der Waals surface area contributed by atoms with Crippen LogP contribution in [0.3, 0.4) is 0 Å². The van der Waals surface area contributed by atoms with E-state index in [9.17, 15) is 14.9 Å². The van der Waals surface area contributed by atoms with Gasteiger partial charge in [0.1, 0.15) is 5.60 Å². The Morgan fingerprint density at radius 3 is 2.28 bits per heavy atom. The second-order valence-corrected chi connectivity index (χ2v) is 8.97. The Kier molecular flexibility index (Phi) is 8.44. The minimum absolute atomic E-state index is 0.0443. The van der Waals surface area contributed by atoms with Crippen LogP contribution in [-0.2, 0) is 9.53 Å². The van der Waals surface area contributed by atoms with Crippen molar-refractivity contribution in [3.63, 3.8) is 0 Å². The van der Waals surface area contributed by atoms with Crippen molar-refractivity contribution in [2.24, 2.45) is 0 Å². The van der Waals surface area contributed by atoms with Crippen LogP contribution in [0.2, 0.25) is 0 Å². The van der Waals surface area contributed by atoms with Crippen molar-refractivity contribution in [1.82, 2.24) is 5.32 Å². The van der Waals surface area contributed by atoms with Crippen LogP contribution in [0.1, 0.15) is 72.9 Å². The summed E-state index contributed by atoms with van der Waals surface area (Å²) in [7, 11) is 1.49. The molecule has 0 aliphatic rings. The molecule has 0 aliphatic heterocycles. The van der Waals surface area contributed by atoms with Gasteiger partial charge in [-0.3, -0.25) is 14.9 Å². The quantitative estimate of drug-likeness (QED) is 0.276. The number of nitrogens with zero attached hydrogens (tertiary/aromatic N) is 1. The number of methoxy groups -OCH3 is 1. The van der Waals surface area contributed by atoms with Gasteiger partial charge >= 0.3 is 5.97 Å². The lowest BCUT2D eigenvalue weighted by Gasteiger charge is -2.26. The molecule has 0 aliphatic carbocycles. The minimum Gasteiger partial charge on any atom is -0.493 e. The summed E-state index contributed by atoms with van der Waals surface area (Å²) in [5.41, 5.74) is -0.271. The zero-order valence-corrected chi connectivity index (χ0v) is 18.8. The van der Waals surface area contributed by atoms with E-state index in [1.54, 1.807) is 6.07 Å². The molecule has 1 rings (SSSR count). The number of carbonyl (C=O) groups is 1. The van der Waals surface area contributed by atoms with E-state index in [1.165, 1.54) is 13.2 Å². The molecule has 1 N–H and O–H groups in total. The van der Waals surface area contributed by atoms with Crippen LogP contribution in [0, 0.1) is 10.1 Å². The Hall–Kier alpha value is -2.35. The third kappa shape index (κ3) is 8.68. The highest BCUT2D eigenvalue weighted by Gasteiger charge is 2.26. The van der Waals surface area contributed by atoms with Gasteiger partial charge in [0.15, 0.2) is 11.5 Å². The van der Waals surface area contributed by atoms with Gasteiger partial charge in [0.05, 0.1) is 30.3 Å². The minimum atomic E-state index is -0.532. The highest BCUT2D eigenvalue weighted by molar-refractivity contribution is 5.69. The Morgan fingerprint density at radius 1 is 1.17 bits per heavy atom. The van der Waals surface area contributed by atoms with Crippen LogP contribution in [0.4, 0.5) is 5.69 Å². The van der Waals surface area contributed by atoms with E-state index in [0.717, 1.165) is 0 Å². The van der Waals surface area contributed by atoms with E-state index in [4.69, 9.17) is 14.2 Å². The van der Waals surface area contributed by atoms with Gasteiger partial charge < -0.3 is 19.5 Å². The summed E-state index contributed by atoms with van der Waals surface area (Å²) in [4.78, 5) is 23.0. The molecule has 0 amide bonds. The number of hydrogen-bond donors (Lipinski definition) is 1. The Morgan fingerprint density at radius 2 is 1.79 bits per heavy atom. The first-order chi connectivity index (χ1) is 13.2. The topological polar surface area (TPSA) is 99.9 Å². The average molecular weight is 411 g/mol. The first-order valence-corrected chi connectivity index (χ1v) is 9.72. The third-order valence-corrected chi connectivity index (χ3v) is 3.83. The van der Waals surface area contributed by atoms with Crippen LogP contribution >= 0.6 is 0 Å². The lowest BCUT2D eigenvalue weighted by Crippen LogP contribution is -2.37. The van der Waals surface area contributed by atoms with E-state index in [1.807, 2.05) is 48.5 Å². The number of benzene rings is 1. The first-order valence-electron chi connectivity index (χ1n) is 9.72. The molecule has 0 radical (unpaired) electrons. The van der Waals surface area contributed by atoms with Crippen molar-refractivity contribution in [2.75, 3.05) is 13.7 Å². The molecule has 1 atom stereocenters. The van der Waals surface area contributed by atoms with Crippen molar-refractivity contribution in [2.45, 2.75) is 78.5 Å². The number of nitrogens with one attached hydrogen (secondary N) is 1. The summed E-state index contributed by atoms with van der Waals surface area (Å²) in [6, 6.07) is 2.75. The van der Waals surface area contributed by atoms with Crippen LogP contribution in [0.5, 0.6) is 11.5 Å². The van der Waals surface area contributed by atoms with E-state index in [-0.39, 0.29) is 42.0 Å². The maximum Gasteiger partial charge on any atom is 0.306 e. The Labute approximate surface area is 173 Å². The fraction of sp³-hybridized carbons (Fsp3) is 0.667. The number of hydrogen-bond acceptors (Lipinski definition) is 7. The van der Waals surface area contributed by atoms with Crippen molar-refractivity contribution in [3.05, 3.63) is 27.8 Å². The van der Waals surface area contributed by atoms with E-state index in [0.29, 0.717) is 17.7 Å². The Balaban J connectivity index is 2.92. The molecule has 1 aromatic rings. The van der Waals surface area contributed by atoms with Gasteiger partial charge in [-0.25, -0.2) is 0 Å². The summed E-state index contributed by atoms with van der Waals surface area (Å²) >= 11 is 0. The lowest BCUT2D eigenvalue weighted by atomic mass is 10.0. The number of rotatable bonds is 9. The molecule has 29 heavy (non-hydrogen) atoms. The number of carbonyl (C=O) groups excluding carboxylic acids is 1. The predicted molar refractivity (Wildman–Crippen MR) is 112 cm³/mol.